The van der Waals surface area contributed by atoms with Gasteiger partial charge in [0.15, 0.2) is 0 Å². The third kappa shape index (κ3) is 3.54. The lowest BCUT2D eigenvalue weighted by Crippen LogP contribution is -2.49. The molecule has 0 bridgehead atoms. The van der Waals surface area contributed by atoms with Crippen molar-refractivity contribution < 1.29 is 9.59 Å². The molecule has 5 nitrogen and oxygen atoms in total. The third-order valence-corrected chi connectivity index (χ3v) is 4.17. The molecule has 0 saturated heterocycles. The molecule has 3 atom stereocenters. The van der Waals surface area contributed by atoms with Crippen molar-refractivity contribution in [2.24, 2.45) is 11.7 Å². The normalized spacial score (nSPS) is 15.2. The van der Waals surface area contributed by atoms with E-state index in [4.69, 9.17) is 5.73 Å². The fourth-order valence-electron chi connectivity index (χ4n) is 2.46. The van der Waals surface area contributed by atoms with Gasteiger partial charge in [0.1, 0.15) is 6.29 Å². The van der Waals surface area contributed by atoms with Crippen LogP contribution < -0.4 is 11.1 Å². The minimum atomic E-state index is -0.588. The van der Waals surface area contributed by atoms with Crippen LogP contribution in [0.5, 0.6) is 0 Å². The summed E-state index contributed by atoms with van der Waals surface area (Å²) in [6.07, 6.45) is 3.92. The Morgan fingerprint density at radius 1 is 1.41 bits per heavy atom. The Hall–Kier alpha value is -2.14. The number of aromatic amines is 1. The van der Waals surface area contributed by atoms with Crippen molar-refractivity contribution in [2.45, 2.75) is 38.8 Å². The minimum Gasteiger partial charge on any atom is -0.361 e. The highest BCUT2D eigenvalue weighted by Gasteiger charge is 2.22. The maximum Gasteiger partial charge on any atom is 0.237 e. The first-order valence-corrected chi connectivity index (χ1v) is 7.63. The number of rotatable bonds is 7. The second-order valence-electron chi connectivity index (χ2n) is 5.73. The number of fused-ring (bicyclic) bond motifs is 1. The smallest absolute Gasteiger partial charge is 0.237 e. The highest BCUT2D eigenvalue weighted by Crippen LogP contribution is 2.18. The lowest BCUT2D eigenvalue weighted by Gasteiger charge is -2.20. The van der Waals surface area contributed by atoms with E-state index in [9.17, 15) is 9.59 Å². The molecule has 0 fully saturated rings. The van der Waals surface area contributed by atoms with E-state index >= 15 is 0 Å². The van der Waals surface area contributed by atoms with E-state index in [0.717, 1.165) is 29.2 Å². The van der Waals surface area contributed by atoms with Crippen molar-refractivity contribution in [1.29, 1.82) is 0 Å². The number of aromatic nitrogens is 1. The monoisotopic (exact) mass is 301 g/mol. The molecule has 5 heteroatoms. The SMILES string of the molecule is CC[C@H](C)[C@H](N)C(=O)N[C@H](C=O)Cc1c[nH]c2ccccc12. The summed E-state index contributed by atoms with van der Waals surface area (Å²) in [6, 6.07) is 6.72. The number of aldehydes is 1. The number of nitrogens with one attached hydrogen (secondary N) is 2. The number of carbonyl (C=O) groups is 2. The number of para-hydroxylation sites is 1. The third-order valence-electron chi connectivity index (χ3n) is 4.17. The van der Waals surface area contributed by atoms with E-state index in [2.05, 4.69) is 10.3 Å². The zero-order chi connectivity index (χ0) is 16.1. The molecule has 2 aromatic rings. The first-order chi connectivity index (χ1) is 10.6. The molecule has 0 spiro atoms. The molecule has 1 aromatic heterocycles. The van der Waals surface area contributed by atoms with Crippen molar-refractivity contribution in [2.75, 3.05) is 0 Å². The quantitative estimate of drug-likeness (QED) is 0.681. The van der Waals surface area contributed by atoms with E-state index in [-0.39, 0.29) is 11.8 Å². The van der Waals surface area contributed by atoms with Gasteiger partial charge in [0.05, 0.1) is 12.1 Å². The molecule has 4 N–H and O–H groups in total. The van der Waals surface area contributed by atoms with Crippen LogP contribution in [-0.4, -0.2) is 29.3 Å². The van der Waals surface area contributed by atoms with Crippen LogP contribution in [0.4, 0.5) is 0 Å². The average molecular weight is 301 g/mol. The Bertz CT molecular complexity index is 650. The van der Waals surface area contributed by atoms with E-state index < -0.39 is 12.1 Å². The molecular formula is C17H23N3O2. The van der Waals surface area contributed by atoms with Crippen molar-refractivity contribution in [1.82, 2.24) is 10.3 Å². The lowest BCUT2D eigenvalue weighted by molar-refractivity contribution is -0.126. The van der Waals surface area contributed by atoms with Crippen LogP contribution in [-0.2, 0) is 16.0 Å². The number of nitrogens with two attached hydrogens (primary N) is 1. The summed E-state index contributed by atoms with van der Waals surface area (Å²) in [4.78, 5) is 26.6. The van der Waals surface area contributed by atoms with E-state index in [0.29, 0.717) is 6.42 Å². The molecular weight excluding hydrogens is 278 g/mol. The zero-order valence-corrected chi connectivity index (χ0v) is 13.0. The summed E-state index contributed by atoms with van der Waals surface area (Å²) in [6.45, 7) is 3.92. The van der Waals surface area contributed by atoms with Gasteiger partial charge >= 0.3 is 0 Å². The zero-order valence-electron chi connectivity index (χ0n) is 13.0. The molecule has 1 aromatic carbocycles. The molecule has 1 amide bonds. The van der Waals surface area contributed by atoms with Gasteiger partial charge in [-0.2, -0.15) is 0 Å². The largest absolute Gasteiger partial charge is 0.361 e. The molecule has 118 valence electrons. The molecule has 0 saturated carbocycles. The van der Waals surface area contributed by atoms with E-state index in [1.54, 1.807) is 0 Å². The van der Waals surface area contributed by atoms with Gasteiger partial charge in [-0.15, -0.1) is 0 Å². The topological polar surface area (TPSA) is 88.0 Å². The van der Waals surface area contributed by atoms with E-state index in [1.165, 1.54) is 0 Å². The summed E-state index contributed by atoms with van der Waals surface area (Å²) in [5.41, 5.74) is 7.93. The maximum atomic E-state index is 12.1. The number of hydrogen-bond donors (Lipinski definition) is 3. The van der Waals surface area contributed by atoms with Gasteiger partial charge in [-0.1, -0.05) is 38.5 Å². The number of amides is 1. The standard InChI is InChI=1S/C17H23N3O2/c1-3-11(2)16(18)17(22)20-13(10-21)8-12-9-19-15-7-5-4-6-14(12)15/h4-7,9-11,13,16,19H,3,8,18H2,1-2H3,(H,20,22)/t11-,13-,16-/m0/s1. The van der Waals surface area contributed by atoms with Gasteiger partial charge in [0.2, 0.25) is 5.91 Å². The predicted octanol–water partition coefficient (Wildman–Crippen LogP) is 1.77. The van der Waals surface area contributed by atoms with Crippen molar-refractivity contribution >= 4 is 23.1 Å². The molecule has 0 aliphatic heterocycles. The Morgan fingerprint density at radius 3 is 2.82 bits per heavy atom. The van der Waals surface area contributed by atoms with Crippen molar-refractivity contribution in [3.63, 3.8) is 0 Å². The fourth-order valence-corrected chi connectivity index (χ4v) is 2.46. The maximum absolute atomic E-state index is 12.1. The summed E-state index contributed by atoms with van der Waals surface area (Å²) in [5, 5.41) is 3.80. The highest BCUT2D eigenvalue weighted by molar-refractivity contribution is 5.86. The lowest BCUT2D eigenvalue weighted by atomic mass is 9.98. The summed E-state index contributed by atoms with van der Waals surface area (Å²) in [7, 11) is 0. The fraction of sp³-hybridized carbons (Fsp3) is 0.412. The highest BCUT2D eigenvalue weighted by atomic mass is 16.2. The van der Waals surface area contributed by atoms with Crippen molar-refractivity contribution in [3.05, 3.63) is 36.0 Å². The van der Waals surface area contributed by atoms with Crippen LogP contribution in [0.25, 0.3) is 10.9 Å². The first-order valence-electron chi connectivity index (χ1n) is 7.63. The molecule has 0 aliphatic rings. The van der Waals surface area contributed by atoms with Crippen LogP contribution in [0.3, 0.4) is 0 Å². The Labute approximate surface area is 130 Å². The van der Waals surface area contributed by atoms with Gasteiger partial charge in [0, 0.05) is 23.5 Å². The van der Waals surface area contributed by atoms with Gasteiger partial charge < -0.3 is 20.8 Å². The number of benzene rings is 1. The van der Waals surface area contributed by atoms with Crippen LogP contribution in [0.2, 0.25) is 0 Å². The molecule has 0 radical (unpaired) electrons. The van der Waals surface area contributed by atoms with Gasteiger partial charge in [-0.25, -0.2) is 0 Å². The number of carbonyl (C=O) groups excluding carboxylic acids is 2. The van der Waals surface area contributed by atoms with Gasteiger partial charge in [-0.05, 0) is 17.5 Å². The Kier molecular flexibility index (Phi) is 5.33. The number of hydrogen-bond acceptors (Lipinski definition) is 3. The van der Waals surface area contributed by atoms with Crippen LogP contribution >= 0.6 is 0 Å². The minimum absolute atomic E-state index is 0.0837. The van der Waals surface area contributed by atoms with Crippen molar-refractivity contribution in [3.8, 4) is 0 Å². The van der Waals surface area contributed by atoms with Crippen LogP contribution in [0.15, 0.2) is 30.5 Å². The first kappa shape index (κ1) is 16.2. The Morgan fingerprint density at radius 2 is 2.14 bits per heavy atom. The Balaban J connectivity index is 2.06. The van der Waals surface area contributed by atoms with Crippen LogP contribution in [0.1, 0.15) is 25.8 Å². The van der Waals surface area contributed by atoms with Gasteiger partial charge in [0.25, 0.3) is 0 Å². The molecule has 22 heavy (non-hydrogen) atoms. The van der Waals surface area contributed by atoms with Gasteiger partial charge in [-0.3, -0.25) is 4.79 Å². The summed E-state index contributed by atoms with van der Waals surface area (Å²) in [5.74, 6) is -0.188. The molecule has 1 heterocycles. The predicted molar refractivity (Wildman–Crippen MR) is 87.4 cm³/mol. The second-order valence-corrected chi connectivity index (χ2v) is 5.73. The van der Waals surface area contributed by atoms with Crippen LogP contribution in [0, 0.1) is 5.92 Å². The summed E-state index contributed by atoms with van der Waals surface area (Å²) < 4.78 is 0. The summed E-state index contributed by atoms with van der Waals surface area (Å²) >= 11 is 0. The second kappa shape index (κ2) is 7.22. The molecule has 0 aliphatic carbocycles. The molecule has 0 unspecified atom stereocenters. The number of H-pyrrole nitrogens is 1. The molecule has 2 rings (SSSR count). The average Bonchev–Trinajstić information content (AvgIpc) is 2.95. The van der Waals surface area contributed by atoms with E-state index in [1.807, 2.05) is 44.3 Å².